The van der Waals surface area contributed by atoms with Crippen LogP contribution < -0.4 is 10.1 Å². The first-order chi connectivity index (χ1) is 8.42. The molecular formula is C11H14BrF3N2O. The minimum atomic E-state index is -4.13. The summed E-state index contributed by atoms with van der Waals surface area (Å²) in [6.45, 7) is 0.548. The van der Waals surface area contributed by atoms with Gasteiger partial charge in [-0.25, -0.2) is 4.98 Å². The molecule has 1 aromatic rings. The summed E-state index contributed by atoms with van der Waals surface area (Å²) in [5.41, 5.74) is 0.805. The molecule has 0 unspecified atom stereocenters. The van der Waals surface area contributed by atoms with Gasteiger partial charge in [-0.05, 0) is 35.5 Å². The quantitative estimate of drug-likeness (QED) is 0.814. The summed E-state index contributed by atoms with van der Waals surface area (Å²) < 4.78 is 41.9. The van der Waals surface area contributed by atoms with Crippen LogP contribution in [0.1, 0.15) is 18.4 Å². The highest BCUT2D eigenvalue weighted by molar-refractivity contribution is 9.10. The van der Waals surface area contributed by atoms with Gasteiger partial charge in [0.25, 0.3) is 0 Å². The van der Waals surface area contributed by atoms with Crippen LogP contribution in [0.4, 0.5) is 13.2 Å². The Morgan fingerprint density at radius 1 is 1.44 bits per heavy atom. The van der Waals surface area contributed by atoms with Crippen LogP contribution in [0.25, 0.3) is 0 Å². The number of alkyl halides is 3. The summed E-state index contributed by atoms with van der Waals surface area (Å²) in [6.07, 6.45) is -3.49. The smallest absolute Gasteiger partial charge is 0.389 e. The number of rotatable bonds is 6. The van der Waals surface area contributed by atoms with Crippen molar-refractivity contribution < 1.29 is 17.9 Å². The molecule has 0 spiro atoms. The van der Waals surface area contributed by atoms with Crippen molar-refractivity contribution in [2.75, 3.05) is 13.7 Å². The minimum Gasteiger partial charge on any atom is -0.477 e. The van der Waals surface area contributed by atoms with E-state index in [4.69, 9.17) is 4.74 Å². The number of hydrogen-bond acceptors (Lipinski definition) is 3. The van der Waals surface area contributed by atoms with Gasteiger partial charge in [0, 0.05) is 29.2 Å². The van der Waals surface area contributed by atoms with E-state index in [-0.39, 0.29) is 13.0 Å². The molecule has 0 radical (unpaired) electrons. The molecule has 1 N–H and O–H groups in total. The monoisotopic (exact) mass is 326 g/mol. The Kier molecular flexibility index (Phi) is 5.87. The maximum absolute atomic E-state index is 11.9. The van der Waals surface area contributed by atoms with Gasteiger partial charge < -0.3 is 10.1 Å². The highest BCUT2D eigenvalue weighted by Gasteiger charge is 2.26. The number of aromatic nitrogens is 1. The highest BCUT2D eigenvalue weighted by Crippen LogP contribution is 2.23. The Hall–Kier alpha value is -0.820. The average molecular weight is 327 g/mol. The van der Waals surface area contributed by atoms with Crippen molar-refractivity contribution in [3.8, 4) is 5.88 Å². The fourth-order valence-corrected chi connectivity index (χ4v) is 1.74. The van der Waals surface area contributed by atoms with Crippen molar-refractivity contribution in [2.24, 2.45) is 0 Å². The van der Waals surface area contributed by atoms with Crippen LogP contribution in [0.15, 0.2) is 16.7 Å². The molecule has 1 aromatic heterocycles. The van der Waals surface area contributed by atoms with E-state index in [1.807, 2.05) is 6.07 Å². The molecule has 0 bridgehead atoms. The van der Waals surface area contributed by atoms with Gasteiger partial charge in [-0.3, -0.25) is 0 Å². The lowest BCUT2D eigenvalue weighted by atomic mass is 10.2. The number of pyridine rings is 1. The van der Waals surface area contributed by atoms with E-state index in [1.54, 1.807) is 13.2 Å². The predicted octanol–water partition coefficient (Wildman–Crippen LogP) is 3.28. The van der Waals surface area contributed by atoms with Gasteiger partial charge in [0.2, 0.25) is 5.88 Å². The van der Waals surface area contributed by atoms with E-state index in [0.29, 0.717) is 12.4 Å². The van der Waals surface area contributed by atoms with Crippen LogP contribution in [0.2, 0.25) is 0 Å². The van der Waals surface area contributed by atoms with Gasteiger partial charge in [-0.1, -0.05) is 0 Å². The molecule has 7 heteroatoms. The van der Waals surface area contributed by atoms with Crippen LogP contribution in [0, 0.1) is 0 Å². The highest BCUT2D eigenvalue weighted by atomic mass is 79.9. The van der Waals surface area contributed by atoms with Crippen molar-refractivity contribution in [1.82, 2.24) is 10.3 Å². The lowest BCUT2D eigenvalue weighted by Gasteiger charge is -2.11. The van der Waals surface area contributed by atoms with E-state index < -0.39 is 12.6 Å². The first kappa shape index (κ1) is 15.2. The molecule has 102 valence electrons. The molecule has 0 aliphatic carbocycles. The van der Waals surface area contributed by atoms with Gasteiger partial charge in [-0.2, -0.15) is 13.2 Å². The molecule has 0 aliphatic heterocycles. The lowest BCUT2D eigenvalue weighted by molar-refractivity contribution is -0.136. The Morgan fingerprint density at radius 2 is 2.17 bits per heavy atom. The molecule has 3 nitrogen and oxygen atoms in total. The molecule has 0 amide bonds. The minimum absolute atomic E-state index is 0.00482. The van der Waals surface area contributed by atoms with Crippen molar-refractivity contribution in [3.05, 3.63) is 22.3 Å². The third kappa shape index (κ3) is 5.68. The topological polar surface area (TPSA) is 34.2 Å². The van der Waals surface area contributed by atoms with E-state index >= 15 is 0 Å². The molecule has 18 heavy (non-hydrogen) atoms. The fourth-order valence-electron chi connectivity index (χ4n) is 1.36. The second kappa shape index (κ2) is 6.94. The first-order valence-electron chi connectivity index (χ1n) is 5.41. The predicted molar refractivity (Wildman–Crippen MR) is 65.5 cm³/mol. The first-order valence-corrected chi connectivity index (χ1v) is 6.20. The lowest BCUT2D eigenvalue weighted by Crippen LogP contribution is -2.12. The number of nitrogens with zero attached hydrogens (tertiary/aromatic N) is 1. The van der Waals surface area contributed by atoms with Gasteiger partial charge in [0.05, 0.1) is 6.61 Å². The zero-order chi connectivity index (χ0) is 13.6. The van der Waals surface area contributed by atoms with Crippen molar-refractivity contribution in [3.63, 3.8) is 0 Å². The number of halogens is 4. The van der Waals surface area contributed by atoms with Crippen molar-refractivity contribution >= 4 is 15.9 Å². The third-order valence-corrected chi connectivity index (χ3v) is 2.54. The summed E-state index contributed by atoms with van der Waals surface area (Å²) in [5.74, 6) is 0.370. The SMILES string of the molecule is CNCc1cc(Br)cnc1OCCCC(F)(F)F. The second-order valence-corrected chi connectivity index (χ2v) is 4.63. The number of ether oxygens (including phenoxy) is 1. The normalized spacial score (nSPS) is 11.6. The average Bonchev–Trinajstić information content (AvgIpc) is 2.26. The number of hydrogen-bond donors (Lipinski definition) is 1. The van der Waals surface area contributed by atoms with Gasteiger partial charge in [0.15, 0.2) is 0 Å². The third-order valence-electron chi connectivity index (χ3n) is 2.10. The molecule has 0 aliphatic rings. The molecule has 0 aromatic carbocycles. The molecule has 0 saturated heterocycles. The van der Waals surface area contributed by atoms with Crippen LogP contribution in [0.5, 0.6) is 5.88 Å². The van der Waals surface area contributed by atoms with Crippen LogP contribution in [0.3, 0.4) is 0 Å². The number of nitrogens with one attached hydrogen (secondary N) is 1. The van der Waals surface area contributed by atoms with Crippen LogP contribution >= 0.6 is 15.9 Å². The summed E-state index contributed by atoms with van der Waals surface area (Å²) in [6, 6.07) is 1.82. The molecular weight excluding hydrogens is 313 g/mol. The summed E-state index contributed by atoms with van der Waals surface area (Å²) >= 11 is 3.28. The molecule has 1 rings (SSSR count). The maximum atomic E-state index is 11.9. The van der Waals surface area contributed by atoms with Gasteiger partial charge in [-0.15, -0.1) is 0 Å². The Balaban J connectivity index is 2.51. The molecule has 0 saturated carbocycles. The molecule has 0 fully saturated rings. The summed E-state index contributed by atoms with van der Waals surface area (Å²) in [5, 5.41) is 2.95. The van der Waals surface area contributed by atoms with E-state index in [2.05, 4.69) is 26.2 Å². The zero-order valence-electron chi connectivity index (χ0n) is 9.85. The molecule has 1 heterocycles. The summed E-state index contributed by atoms with van der Waals surface area (Å²) in [7, 11) is 1.77. The largest absolute Gasteiger partial charge is 0.477 e. The standard InChI is InChI=1S/C11H14BrF3N2O/c1-16-6-8-5-9(12)7-17-10(8)18-4-2-3-11(13,14)15/h5,7,16H,2-4,6H2,1H3. The van der Waals surface area contributed by atoms with Crippen molar-refractivity contribution in [2.45, 2.75) is 25.6 Å². The molecule has 0 atom stereocenters. The Labute approximate surface area is 112 Å². The maximum Gasteiger partial charge on any atom is 0.389 e. The van der Waals surface area contributed by atoms with E-state index in [0.717, 1.165) is 10.0 Å². The van der Waals surface area contributed by atoms with E-state index in [1.165, 1.54) is 0 Å². The fraction of sp³-hybridized carbons (Fsp3) is 0.545. The van der Waals surface area contributed by atoms with Crippen molar-refractivity contribution in [1.29, 1.82) is 0 Å². The van der Waals surface area contributed by atoms with Gasteiger partial charge in [0.1, 0.15) is 0 Å². The summed E-state index contributed by atoms with van der Waals surface area (Å²) in [4.78, 5) is 4.04. The van der Waals surface area contributed by atoms with Crippen LogP contribution in [-0.2, 0) is 6.54 Å². The van der Waals surface area contributed by atoms with E-state index in [9.17, 15) is 13.2 Å². The Bertz CT molecular complexity index is 385. The Morgan fingerprint density at radius 3 is 2.78 bits per heavy atom. The van der Waals surface area contributed by atoms with Gasteiger partial charge >= 0.3 is 6.18 Å². The zero-order valence-corrected chi connectivity index (χ0v) is 11.4. The second-order valence-electron chi connectivity index (χ2n) is 3.72. The van der Waals surface area contributed by atoms with Crippen LogP contribution in [-0.4, -0.2) is 24.8 Å².